The Morgan fingerprint density at radius 2 is 2.00 bits per heavy atom. The highest BCUT2D eigenvalue weighted by atomic mass is 32.1. The van der Waals surface area contributed by atoms with Crippen molar-refractivity contribution in [3.8, 4) is 0 Å². The van der Waals surface area contributed by atoms with Gasteiger partial charge in [-0.25, -0.2) is 0 Å². The van der Waals surface area contributed by atoms with Crippen LogP contribution in [0.2, 0.25) is 0 Å². The zero-order valence-electron chi connectivity index (χ0n) is 13.1. The lowest BCUT2D eigenvalue weighted by Gasteiger charge is -2.18. The molecule has 2 rings (SSSR count). The molecule has 0 aromatic heterocycles. The van der Waals surface area contributed by atoms with Gasteiger partial charge in [0.2, 0.25) is 0 Å². The van der Waals surface area contributed by atoms with Crippen LogP contribution in [0.5, 0.6) is 0 Å². The van der Waals surface area contributed by atoms with E-state index in [1.807, 2.05) is 19.1 Å². The fraction of sp³-hybridized carbons (Fsp3) is 0.500. The molecule has 0 radical (unpaired) electrons. The van der Waals surface area contributed by atoms with Crippen molar-refractivity contribution in [3.05, 3.63) is 34.9 Å². The standard InChI is InChI=1S/C16H23N3O2S/c1-11(10-21-2)17-16(22)19-18-15(20)14-8-7-12-5-3-4-6-13(12)9-14/h7-9,11H,3-6,10H2,1-2H3,(H,18,20)(H2,17,19,22)/t11-/m0/s1. The summed E-state index contributed by atoms with van der Waals surface area (Å²) in [7, 11) is 1.63. The van der Waals surface area contributed by atoms with E-state index in [2.05, 4.69) is 22.2 Å². The Labute approximate surface area is 136 Å². The van der Waals surface area contributed by atoms with E-state index >= 15 is 0 Å². The van der Waals surface area contributed by atoms with Gasteiger partial charge < -0.3 is 10.1 Å². The third-order valence-corrected chi connectivity index (χ3v) is 3.91. The largest absolute Gasteiger partial charge is 0.383 e. The quantitative estimate of drug-likeness (QED) is 0.582. The van der Waals surface area contributed by atoms with Crippen LogP contribution in [0, 0.1) is 0 Å². The zero-order valence-corrected chi connectivity index (χ0v) is 13.9. The molecule has 1 aliphatic rings. The van der Waals surface area contributed by atoms with E-state index in [1.165, 1.54) is 24.0 Å². The predicted molar refractivity (Wildman–Crippen MR) is 90.8 cm³/mol. The summed E-state index contributed by atoms with van der Waals surface area (Å²) >= 11 is 5.12. The molecule has 0 saturated carbocycles. The molecule has 0 spiro atoms. The number of fused-ring (bicyclic) bond motifs is 1. The van der Waals surface area contributed by atoms with Crippen LogP contribution in [0.3, 0.4) is 0 Å². The molecule has 1 atom stereocenters. The van der Waals surface area contributed by atoms with E-state index in [-0.39, 0.29) is 11.9 Å². The second-order valence-electron chi connectivity index (χ2n) is 5.60. The first kappa shape index (κ1) is 16.7. The lowest BCUT2D eigenvalue weighted by atomic mass is 9.90. The molecule has 3 N–H and O–H groups in total. The summed E-state index contributed by atoms with van der Waals surface area (Å²) in [5.74, 6) is -0.183. The molecule has 0 aliphatic heterocycles. The van der Waals surface area contributed by atoms with E-state index < -0.39 is 0 Å². The van der Waals surface area contributed by atoms with Crippen molar-refractivity contribution >= 4 is 23.2 Å². The van der Waals surface area contributed by atoms with Crippen LogP contribution >= 0.6 is 12.2 Å². The maximum absolute atomic E-state index is 12.2. The molecule has 0 bridgehead atoms. The Morgan fingerprint density at radius 1 is 1.27 bits per heavy atom. The number of methoxy groups -OCH3 is 1. The SMILES string of the molecule is COC[C@H](C)NC(=S)NNC(=O)c1ccc2c(c1)CCCC2. The maximum atomic E-state index is 12.2. The van der Waals surface area contributed by atoms with Crippen molar-refractivity contribution < 1.29 is 9.53 Å². The van der Waals surface area contributed by atoms with Crippen LogP contribution in [0.4, 0.5) is 0 Å². The highest BCUT2D eigenvalue weighted by molar-refractivity contribution is 7.80. The topological polar surface area (TPSA) is 62.4 Å². The highest BCUT2D eigenvalue weighted by Gasteiger charge is 2.13. The lowest BCUT2D eigenvalue weighted by molar-refractivity contribution is 0.0943. The number of amides is 1. The van der Waals surface area contributed by atoms with Gasteiger partial charge in [-0.3, -0.25) is 15.6 Å². The van der Waals surface area contributed by atoms with Crippen molar-refractivity contribution in [2.45, 2.75) is 38.6 Å². The normalized spacial score (nSPS) is 14.6. The lowest BCUT2D eigenvalue weighted by Crippen LogP contribution is -2.49. The second-order valence-corrected chi connectivity index (χ2v) is 6.01. The molecular formula is C16H23N3O2S. The number of ether oxygens (including phenoxy) is 1. The fourth-order valence-corrected chi connectivity index (χ4v) is 2.86. The van der Waals surface area contributed by atoms with Crippen molar-refractivity contribution in [2.24, 2.45) is 0 Å². The first-order chi connectivity index (χ1) is 10.6. The second kappa shape index (κ2) is 8.10. The van der Waals surface area contributed by atoms with Crippen LogP contribution in [-0.2, 0) is 17.6 Å². The highest BCUT2D eigenvalue weighted by Crippen LogP contribution is 2.22. The Hall–Kier alpha value is -1.66. The number of carbonyl (C=O) groups excluding carboxylic acids is 1. The molecule has 120 valence electrons. The Bertz CT molecular complexity index is 548. The number of hydrogen-bond donors (Lipinski definition) is 3. The molecule has 0 fully saturated rings. The number of carbonyl (C=O) groups is 1. The Morgan fingerprint density at radius 3 is 2.73 bits per heavy atom. The van der Waals surface area contributed by atoms with E-state index in [1.54, 1.807) is 7.11 Å². The predicted octanol–water partition coefficient (Wildman–Crippen LogP) is 1.71. The number of rotatable bonds is 4. The molecule has 1 aromatic carbocycles. The minimum absolute atomic E-state index is 0.0747. The van der Waals surface area contributed by atoms with Crippen LogP contribution in [0.1, 0.15) is 41.3 Å². The van der Waals surface area contributed by atoms with Gasteiger partial charge in [-0.1, -0.05) is 6.07 Å². The van der Waals surface area contributed by atoms with Crippen molar-refractivity contribution in [1.82, 2.24) is 16.2 Å². The molecule has 0 unspecified atom stereocenters. The van der Waals surface area contributed by atoms with Crippen molar-refractivity contribution in [2.75, 3.05) is 13.7 Å². The van der Waals surface area contributed by atoms with Gasteiger partial charge in [-0.05, 0) is 68.1 Å². The minimum Gasteiger partial charge on any atom is -0.383 e. The molecule has 22 heavy (non-hydrogen) atoms. The van der Waals surface area contributed by atoms with E-state index in [9.17, 15) is 4.79 Å². The third kappa shape index (κ3) is 4.68. The number of benzene rings is 1. The number of thiocarbonyl (C=S) groups is 1. The van der Waals surface area contributed by atoms with Crippen LogP contribution in [-0.4, -0.2) is 30.8 Å². The molecule has 0 saturated heterocycles. The molecule has 1 amide bonds. The van der Waals surface area contributed by atoms with E-state index in [4.69, 9.17) is 17.0 Å². The monoisotopic (exact) mass is 321 g/mol. The fourth-order valence-electron chi connectivity index (χ4n) is 2.61. The van der Waals surface area contributed by atoms with Gasteiger partial charge in [0.1, 0.15) is 0 Å². The van der Waals surface area contributed by atoms with Crippen molar-refractivity contribution in [1.29, 1.82) is 0 Å². The van der Waals surface area contributed by atoms with Gasteiger partial charge in [-0.15, -0.1) is 0 Å². The third-order valence-electron chi connectivity index (χ3n) is 3.69. The number of hydrogen-bond acceptors (Lipinski definition) is 3. The summed E-state index contributed by atoms with van der Waals surface area (Å²) < 4.78 is 5.01. The summed E-state index contributed by atoms with van der Waals surface area (Å²) in [4.78, 5) is 12.2. The average Bonchev–Trinajstić information content (AvgIpc) is 2.52. The van der Waals surface area contributed by atoms with Gasteiger partial charge >= 0.3 is 0 Å². The summed E-state index contributed by atoms with van der Waals surface area (Å²) in [5.41, 5.74) is 8.64. The number of aryl methyl sites for hydroxylation is 2. The Kier molecular flexibility index (Phi) is 6.15. The molecule has 0 heterocycles. The van der Waals surface area contributed by atoms with Gasteiger partial charge in [0.15, 0.2) is 5.11 Å². The molecule has 1 aliphatic carbocycles. The van der Waals surface area contributed by atoms with Crippen LogP contribution in [0.25, 0.3) is 0 Å². The summed E-state index contributed by atoms with van der Waals surface area (Å²) in [6, 6.07) is 5.98. The average molecular weight is 321 g/mol. The minimum atomic E-state index is -0.183. The molecule has 6 heteroatoms. The van der Waals surface area contributed by atoms with Crippen LogP contribution in [0.15, 0.2) is 18.2 Å². The summed E-state index contributed by atoms with van der Waals surface area (Å²) in [6.07, 6.45) is 4.60. The summed E-state index contributed by atoms with van der Waals surface area (Å²) in [6.45, 7) is 2.49. The first-order valence-corrected chi connectivity index (χ1v) is 7.98. The van der Waals surface area contributed by atoms with Gasteiger partial charge in [-0.2, -0.15) is 0 Å². The van der Waals surface area contributed by atoms with Gasteiger partial charge in [0.05, 0.1) is 6.61 Å². The van der Waals surface area contributed by atoms with Crippen LogP contribution < -0.4 is 16.2 Å². The zero-order chi connectivity index (χ0) is 15.9. The number of nitrogens with one attached hydrogen (secondary N) is 3. The van der Waals surface area contributed by atoms with Crippen molar-refractivity contribution in [3.63, 3.8) is 0 Å². The molecule has 5 nitrogen and oxygen atoms in total. The smallest absolute Gasteiger partial charge is 0.269 e. The number of hydrazine groups is 1. The van der Waals surface area contributed by atoms with E-state index in [0.717, 1.165) is 12.8 Å². The first-order valence-electron chi connectivity index (χ1n) is 7.57. The Balaban J connectivity index is 1.86. The van der Waals surface area contributed by atoms with Gasteiger partial charge in [0, 0.05) is 18.7 Å². The summed E-state index contributed by atoms with van der Waals surface area (Å²) in [5, 5.41) is 3.39. The molecule has 1 aromatic rings. The van der Waals surface area contributed by atoms with E-state index in [0.29, 0.717) is 17.3 Å². The van der Waals surface area contributed by atoms with Gasteiger partial charge in [0.25, 0.3) is 5.91 Å². The molecular weight excluding hydrogens is 298 g/mol. The maximum Gasteiger partial charge on any atom is 0.269 e.